The van der Waals surface area contributed by atoms with Crippen molar-refractivity contribution in [3.63, 3.8) is 0 Å². The number of hydrogen-bond donors (Lipinski definition) is 2. The fraction of sp³-hybridized carbons (Fsp3) is 0.190. The lowest BCUT2D eigenvalue weighted by Crippen LogP contribution is -2.19. The molecule has 7 nitrogen and oxygen atoms in total. The number of ether oxygens (including phenoxy) is 2. The summed E-state index contributed by atoms with van der Waals surface area (Å²) in [5.74, 6) is 0.367. The van der Waals surface area contributed by atoms with E-state index in [0.717, 1.165) is 5.56 Å². The molecule has 1 aromatic heterocycles. The van der Waals surface area contributed by atoms with Crippen LogP contribution in [-0.2, 0) is 22.6 Å². The first-order chi connectivity index (χ1) is 14.1. The van der Waals surface area contributed by atoms with Crippen molar-refractivity contribution in [3.05, 3.63) is 71.2 Å². The van der Waals surface area contributed by atoms with Gasteiger partial charge >= 0.3 is 12.0 Å². The first-order valence-electron chi connectivity index (χ1n) is 9.07. The van der Waals surface area contributed by atoms with Crippen molar-refractivity contribution >= 4 is 34.2 Å². The first kappa shape index (κ1) is 20.3. The maximum atomic E-state index is 12.1. The van der Waals surface area contributed by atoms with Crippen LogP contribution < -0.4 is 15.4 Å². The number of nitrogens with zero attached hydrogens (tertiary/aromatic N) is 1. The number of nitrogens with one attached hydrogen (secondary N) is 2. The quantitative estimate of drug-likeness (QED) is 0.534. The lowest BCUT2D eigenvalue weighted by Gasteiger charge is -2.08. The average Bonchev–Trinajstić information content (AvgIpc) is 3.15. The molecule has 2 N–H and O–H groups in total. The minimum atomic E-state index is -0.417. The number of benzene rings is 2. The third-order valence-corrected chi connectivity index (χ3v) is 4.57. The van der Waals surface area contributed by atoms with Crippen LogP contribution in [0.25, 0.3) is 0 Å². The van der Waals surface area contributed by atoms with Crippen LogP contribution in [0.5, 0.6) is 5.75 Å². The van der Waals surface area contributed by atoms with E-state index in [4.69, 9.17) is 9.47 Å². The molecule has 3 rings (SSSR count). The highest BCUT2D eigenvalue weighted by molar-refractivity contribution is 7.14. The molecule has 8 heteroatoms. The summed E-state index contributed by atoms with van der Waals surface area (Å²) in [6.45, 7) is 2.55. The molecule has 0 saturated heterocycles. The first-order valence-corrected chi connectivity index (χ1v) is 9.95. The Morgan fingerprint density at radius 3 is 2.52 bits per heavy atom. The van der Waals surface area contributed by atoms with Crippen LogP contribution in [-0.4, -0.2) is 23.6 Å². The van der Waals surface area contributed by atoms with Crippen LogP contribution in [0.1, 0.15) is 18.2 Å². The number of aromatic nitrogens is 1. The van der Waals surface area contributed by atoms with Gasteiger partial charge in [0.2, 0.25) is 0 Å². The van der Waals surface area contributed by atoms with E-state index in [1.807, 2.05) is 30.3 Å². The van der Waals surface area contributed by atoms with Gasteiger partial charge in [-0.3, -0.25) is 10.1 Å². The minimum absolute atomic E-state index is 0.0814. The summed E-state index contributed by atoms with van der Waals surface area (Å²) < 4.78 is 10.6. The van der Waals surface area contributed by atoms with Gasteiger partial charge in [0, 0.05) is 11.1 Å². The van der Waals surface area contributed by atoms with Crippen LogP contribution >= 0.6 is 11.3 Å². The predicted molar refractivity (Wildman–Crippen MR) is 112 cm³/mol. The second kappa shape index (κ2) is 10.2. The summed E-state index contributed by atoms with van der Waals surface area (Å²) in [6, 6.07) is 16.6. The number of carbonyl (C=O) groups is 2. The minimum Gasteiger partial charge on any atom is -0.489 e. The lowest BCUT2D eigenvalue weighted by atomic mass is 10.2. The monoisotopic (exact) mass is 411 g/mol. The number of rotatable bonds is 8. The van der Waals surface area contributed by atoms with Gasteiger partial charge in [-0.2, -0.15) is 0 Å². The Bertz CT molecular complexity index is 942. The van der Waals surface area contributed by atoms with Crippen molar-refractivity contribution in [1.82, 2.24) is 4.98 Å². The molecular formula is C21H21N3O4S. The fourth-order valence-electron chi connectivity index (χ4n) is 2.44. The lowest BCUT2D eigenvalue weighted by molar-refractivity contribution is -0.142. The van der Waals surface area contributed by atoms with E-state index >= 15 is 0 Å². The van der Waals surface area contributed by atoms with Crippen LogP contribution in [0.4, 0.5) is 15.6 Å². The molecule has 1 heterocycles. The molecule has 29 heavy (non-hydrogen) atoms. The normalized spacial score (nSPS) is 10.2. The summed E-state index contributed by atoms with van der Waals surface area (Å²) in [5.41, 5.74) is 2.27. The summed E-state index contributed by atoms with van der Waals surface area (Å²) in [7, 11) is 0. The van der Waals surface area contributed by atoms with Crippen molar-refractivity contribution in [3.8, 4) is 5.75 Å². The van der Waals surface area contributed by atoms with Gasteiger partial charge in [-0.15, -0.1) is 11.3 Å². The number of urea groups is 1. The van der Waals surface area contributed by atoms with Gasteiger partial charge in [0.05, 0.1) is 18.7 Å². The summed E-state index contributed by atoms with van der Waals surface area (Å²) >= 11 is 1.24. The van der Waals surface area contributed by atoms with Gasteiger partial charge in [-0.05, 0) is 36.8 Å². The molecule has 150 valence electrons. The van der Waals surface area contributed by atoms with E-state index in [-0.39, 0.29) is 12.4 Å². The van der Waals surface area contributed by atoms with Gasteiger partial charge in [0.15, 0.2) is 5.13 Å². The molecular weight excluding hydrogens is 390 g/mol. The molecule has 0 spiro atoms. The van der Waals surface area contributed by atoms with E-state index in [1.165, 1.54) is 11.3 Å². The van der Waals surface area contributed by atoms with E-state index in [0.29, 0.717) is 35.5 Å². The summed E-state index contributed by atoms with van der Waals surface area (Å²) in [6.07, 6.45) is 0.0814. The van der Waals surface area contributed by atoms with Gasteiger partial charge in [-0.1, -0.05) is 30.3 Å². The average molecular weight is 411 g/mol. The van der Waals surface area contributed by atoms with Crippen LogP contribution in [0.2, 0.25) is 0 Å². The number of carbonyl (C=O) groups excluding carboxylic acids is 2. The van der Waals surface area contributed by atoms with Gasteiger partial charge in [0.25, 0.3) is 0 Å². The summed E-state index contributed by atoms with van der Waals surface area (Å²) in [5, 5.41) is 7.50. The zero-order valence-corrected chi connectivity index (χ0v) is 16.7. The Morgan fingerprint density at radius 2 is 1.79 bits per heavy atom. The second-order valence-electron chi connectivity index (χ2n) is 6.00. The highest BCUT2D eigenvalue weighted by Gasteiger charge is 2.10. The van der Waals surface area contributed by atoms with Crippen LogP contribution in [0, 0.1) is 0 Å². The van der Waals surface area contributed by atoms with Crippen molar-refractivity contribution < 1.29 is 19.1 Å². The molecule has 0 aliphatic heterocycles. The molecule has 0 fully saturated rings. The molecule has 0 bridgehead atoms. The van der Waals surface area contributed by atoms with Crippen molar-refractivity contribution in [1.29, 1.82) is 0 Å². The Balaban J connectivity index is 1.47. The highest BCUT2D eigenvalue weighted by atomic mass is 32.1. The standard InChI is InChI=1S/C21H21N3O4S/c1-2-27-19(25)12-17-14-29-21(23-17)24-20(26)22-16-8-10-18(11-9-16)28-13-15-6-4-3-5-7-15/h3-11,14H,2,12-13H2,1H3,(H2,22,23,24,26). The molecule has 2 aromatic carbocycles. The molecule has 0 radical (unpaired) electrons. The Morgan fingerprint density at radius 1 is 1.03 bits per heavy atom. The molecule has 0 unspecified atom stereocenters. The highest BCUT2D eigenvalue weighted by Crippen LogP contribution is 2.19. The Kier molecular flexibility index (Phi) is 7.18. The molecule has 0 atom stereocenters. The predicted octanol–water partition coefficient (Wildman–Crippen LogP) is 4.47. The zero-order chi connectivity index (χ0) is 20.5. The largest absolute Gasteiger partial charge is 0.489 e. The fourth-order valence-corrected chi connectivity index (χ4v) is 3.15. The maximum Gasteiger partial charge on any atom is 0.325 e. The SMILES string of the molecule is CCOC(=O)Cc1csc(NC(=O)Nc2ccc(OCc3ccccc3)cc2)n1. The molecule has 0 saturated carbocycles. The Labute approximate surface area is 172 Å². The van der Waals surface area contributed by atoms with E-state index < -0.39 is 6.03 Å². The third-order valence-electron chi connectivity index (χ3n) is 3.76. The molecule has 3 aromatic rings. The van der Waals surface area contributed by atoms with E-state index in [2.05, 4.69) is 15.6 Å². The topological polar surface area (TPSA) is 89.5 Å². The Hall–Kier alpha value is -3.39. The smallest absolute Gasteiger partial charge is 0.325 e. The van der Waals surface area contributed by atoms with Gasteiger partial charge in [0.1, 0.15) is 12.4 Å². The zero-order valence-electron chi connectivity index (χ0n) is 15.9. The van der Waals surface area contributed by atoms with Gasteiger partial charge < -0.3 is 14.8 Å². The van der Waals surface area contributed by atoms with Crippen molar-refractivity contribution in [2.24, 2.45) is 0 Å². The maximum absolute atomic E-state index is 12.1. The molecule has 0 aliphatic carbocycles. The second-order valence-corrected chi connectivity index (χ2v) is 6.86. The van der Waals surface area contributed by atoms with Crippen LogP contribution in [0.3, 0.4) is 0 Å². The number of amides is 2. The number of thiazole rings is 1. The van der Waals surface area contributed by atoms with Crippen molar-refractivity contribution in [2.75, 3.05) is 17.2 Å². The van der Waals surface area contributed by atoms with Crippen molar-refractivity contribution in [2.45, 2.75) is 20.0 Å². The van der Waals surface area contributed by atoms with Crippen LogP contribution in [0.15, 0.2) is 60.0 Å². The number of hydrogen-bond acceptors (Lipinski definition) is 6. The van der Waals surface area contributed by atoms with Gasteiger partial charge in [-0.25, -0.2) is 9.78 Å². The number of esters is 1. The van der Waals surface area contributed by atoms with E-state index in [9.17, 15) is 9.59 Å². The summed E-state index contributed by atoms with van der Waals surface area (Å²) in [4.78, 5) is 27.8. The van der Waals surface area contributed by atoms with E-state index in [1.54, 1.807) is 36.6 Å². The third kappa shape index (κ3) is 6.62. The molecule has 0 aliphatic rings. The number of anilines is 2. The molecule has 2 amide bonds.